The van der Waals surface area contributed by atoms with E-state index in [2.05, 4.69) is 20.6 Å². The van der Waals surface area contributed by atoms with Gasteiger partial charge in [0.1, 0.15) is 0 Å². The highest BCUT2D eigenvalue weighted by atomic mass is 16.4. The van der Waals surface area contributed by atoms with Gasteiger partial charge in [0.05, 0.1) is 55.9 Å². The van der Waals surface area contributed by atoms with E-state index in [-0.39, 0.29) is 11.1 Å². The molecule has 0 bridgehead atoms. The summed E-state index contributed by atoms with van der Waals surface area (Å²) in [5.74, 6) is -2.01. The minimum Gasteiger partial charge on any atom is -0.478 e. The molecule has 4 aromatic rings. The van der Waals surface area contributed by atoms with Gasteiger partial charge in [-0.1, -0.05) is 0 Å². The SMILES string of the molecule is O=C(O)c1ccc2c(c1)Nc1cc3nc4ccc(C(=O)O)cc4nc3cc1N2. The van der Waals surface area contributed by atoms with Crippen LogP contribution in [-0.2, 0) is 0 Å². The van der Waals surface area contributed by atoms with Crippen LogP contribution in [0, 0.1) is 0 Å². The Balaban J connectivity index is 1.64. The Kier molecular flexibility index (Phi) is 3.23. The first kappa shape index (κ1) is 16.0. The molecular formula is C20H12N4O4. The van der Waals surface area contributed by atoms with Crippen molar-refractivity contribution in [2.45, 2.75) is 0 Å². The Bertz CT molecular complexity index is 1330. The Morgan fingerprint density at radius 2 is 1.11 bits per heavy atom. The lowest BCUT2D eigenvalue weighted by Gasteiger charge is -2.23. The molecule has 0 atom stereocenters. The molecule has 8 nitrogen and oxygen atoms in total. The summed E-state index contributed by atoms with van der Waals surface area (Å²) in [4.78, 5) is 31.5. The van der Waals surface area contributed by atoms with E-state index in [1.807, 2.05) is 12.1 Å². The number of nitrogens with one attached hydrogen (secondary N) is 2. The smallest absolute Gasteiger partial charge is 0.335 e. The van der Waals surface area contributed by atoms with E-state index in [1.165, 1.54) is 18.2 Å². The van der Waals surface area contributed by atoms with E-state index in [4.69, 9.17) is 5.11 Å². The van der Waals surface area contributed by atoms with Gasteiger partial charge in [-0.25, -0.2) is 19.6 Å². The molecule has 4 N–H and O–H groups in total. The minimum absolute atomic E-state index is 0.155. The number of aromatic nitrogens is 2. The molecule has 8 heteroatoms. The summed E-state index contributed by atoms with van der Waals surface area (Å²) >= 11 is 0. The highest BCUT2D eigenvalue weighted by Gasteiger charge is 2.18. The molecule has 1 aliphatic rings. The van der Waals surface area contributed by atoms with E-state index in [0.717, 1.165) is 17.1 Å². The lowest BCUT2D eigenvalue weighted by Crippen LogP contribution is -2.08. The van der Waals surface area contributed by atoms with Gasteiger partial charge in [-0.15, -0.1) is 0 Å². The van der Waals surface area contributed by atoms with Crippen LogP contribution in [0.4, 0.5) is 22.7 Å². The highest BCUT2D eigenvalue weighted by molar-refractivity contribution is 6.01. The lowest BCUT2D eigenvalue weighted by molar-refractivity contribution is 0.0686. The van der Waals surface area contributed by atoms with Crippen LogP contribution in [0.5, 0.6) is 0 Å². The van der Waals surface area contributed by atoms with Crippen molar-refractivity contribution in [1.29, 1.82) is 0 Å². The quantitative estimate of drug-likeness (QED) is 0.343. The first-order chi connectivity index (χ1) is 13.5. The maximum atomic E-state index is 11.2. The largest absolute Gasteiger partial charge is 0.478 e. The molecular weight excluding hydrogens is 360 g/mol. The zero-order valence-electron chi connectivity index (χ0n) is 14.2. The summed E-state index contributed by atoms with van der Waals surface area (Å²) in [6, 6.07) is 13.1. The topological polar surface area (TPSA) is 124 Å². The summed E-state index contributed by atoms with van der Waals surface area (Å²) in [7, 11) is 0. The molecule has 0 fully saturated rings. The van der Waals surface area contributed by atoms with Crippen molar-refractivity contribution in [1.82, 2.24) is 9.97 Å². The number of carboxylic acids is 2. The van der Waals surface area contributed by atoms with Crippen molar-refractivity contribution in [3.63, 3.8) is 0 Å². The van der Waals surface area contributed by atoms with Gasteiger partial charge in [-0.3, -0.25) is 0 Å². The van der Waals surface area contributed by atoms with Crippen molar-refractivity contribution >= 4 is 56.8 Å². The third-order valence-electron chi connectivity index (χ3n) is 4.62. The maximum absolute atomic E-state index is 11.2. The molecule has 1 aliphatic heterocycles. The van der Waals surface area contributed by atoms with Gasteiger partial charge in [0.2, 0.25) is 0 Å². The second kappa shape index (κ2) is 5.65. The van der Waals surface area contributed by atoms with Gasteiger partial charge in [0, 0.05) is 0 Å². The first-order valence-corrected chi connectivity index (χ1v) is 8.38. The van der Waals surface area contributed by atoms with Crippen LogP contribution in [-0.4, -0.2) is 32.1 Å². The molecule has 2 heterocycles. The molecule has 0 radical (unpaired) electrons. The Hall–Kier alpha value is -4.20. The Morgan fingerprint density at radius 1 is 0.607 bits per heavy atom. The fourth-order valence-electron chi connectivity index (χ4n) is 3.24. The number of benzene rings is 3. The van der Waals surface area contributed by atoms with Crippen LogP contribution in [0.1, 0.15) is 20.7 Å². The summed E-state index contributed by atoms with van der Waals surface area (Å²) in [6.07, 6.45) is 0. The normalized spacial score (nSPS) is 12.0. The van der Waals surface area contributed by atoms with Crippen LogP contribution in [0.15, 0.2) is 48.5 Å². The molecule has 1 aromatic heterocycles. The standard InChI is InChI=1S/C20H12N4O4/c25-19(26)9-1-3-11-13(5-9)23-17-8-16-18(7-15(17)21-11)24-14-6-10(20(27)28)2-4-12(14)22-16/h1-8,21,23H,(H,25,26)(H,27,28). The molecule has 3 aromatic carbocycles. The fourth-order valence-corrected chi connectivity index (χ4v) is 3.24. The molecule has 0 amide bonds. The van der Waals surface area contributed by atoms with Gasteiger partial charge in [-0.05, 0) is 48.5 Å². The zero-order valence-corrected chi connectivity index (χ0v) is 14.2. The van der Waals surface area contributed by atoms with E-state index >= 15 is 0 Å². The number of rotatable bonds is 2. The van der Waals surface area contributed by atoms with E-state index < -0.39 is 11.9 Å². The number of aromatic carboxylic acids is 2. The maximum Gasteiger partial charge on any atom is 0.335 e. The van der Waals surface area contributed by atoms with Crippen LogP contribution in [0.2, 0.25) is 0 Å². The van der Waals surface area contributed by atoms with Crippen molar-refractivity contribution in [3.8, 4) is 0 Å². The molecule has 0 spiro atoms. The highest BCUT2D eigenvalue weighted by Crippen LogP contribution is 2.40. The van der Waals surface area contributed by atoms with Crippen molar-refractivity contribution in [2.75, 3.05) is 10.6 Å². The lowest BCUT2D eigenvalue weighted by atomic mass is 10.1. The number of hydrogen-bond acceptors (Lipinski definition) is 6. The average molecular weight is 372 g/mol. The van der Waals surface area contributed by atoms with Gasteiger partial charge < -0.3 is 20.8 Å². The van der Waals surface area contributed by atoms with E-state index in [9.17, 15) is 14.7 Å². The number of hydrogen-bond donors (Lipinski definition) is 4. The third-order valence-corrected chi connectivity index (χ3v) is 4.62. The second-order valence-corrected chi connectivity index (χ2v) is 6.43. The van der Waals surface area contributed by atoms with E-state index in [1.54, 1.807) is 18.2 Å². The van der Waals surface area contributed by atoms with E-state index in [0.29, 0.717) is 27.8 Å². The first-order valence-electron chi connectivity index (χ1n) is 8.38. The molecule has 0 aliphatic carbocycles. The molecule has 5 rings (SSSR count). The van der Waals surface area contributed by atoms with Crippen LogP contribution < -0.4 is 10.6 Å². The number of fused-ring (bicyclic) bond motifs is 4. The summed E-state index contributed by atoms with van der Waals surface area (Å²) < 4.78 is 0. The number of nitrogens with zero attached hydrogens (tertiary/aromatic N) is 2. The summed E-state index contributed by atoms with van der Waals surface area (Å²) in [6.45, 7) is 0. The monoisotopic (exact) mass is 372 g/mol. The predicted octanol–water partition coefficient (Wildman–Crippen LogP) is 3.98. The average Bonchev–Trinajstić information content (AvgIpc) is 2.68. The minimum atomic E-state index is -1.02. The summed E-state index contributed by atoms with van der Waals surface area (Å²) in [5.41, 5.74) is 5.63. The molecule has 136 valence electrons. The Labute approximate surface area is 157 Å². The van der Waals surface area contributed by atoms with Crippen LogP contribution in [0.3, 0.4) is 0 Å². The predicted molar refractivity (Wildman–Crippen MR) is 104 cm³/mol. The molecule has 0 unspecified atom stereocenters. The number of anilines is 4. The number of carbonyl (C=O) groups is 2. The van der Waals surface area contributed by atoms with Crippen molar-refractivity contribution in [3.05, 3.63) is 59.7 Å². The number of carboxylic acid groups (broad SMARTS) is 2. The van der Waals surface area contributed by atoms with Crippen molar-refractivity contribution in [2.24, 2.45) is 0 Å². The zero-order chi connectivity index (χ0) is 19.4. The van der Waals surface area contributed by atoms with Gasteiger partial charge in [-0.2, -0.15) is 0 Å². The molecule has 28 heavy (non-hydrogen) atoms. The van der Waals surface area contributed by atoms with Gasteiger partial charge in [0.15, 0.2) is 0 Å². The summed E-state index contributed by atoms with van der Waals surface area (Å²) in [5, 5.41) is 24.8. The van der Waals surface area contributed by atoms with Gasteiger partial charge >= 0.3 is 11.9 Å². The Morgan fingerprint density at radius 3 is 1.79 bits per heavy atom. The third kappa shape index (κ3) is 2.47. The van der Waals surface area contributed by atoms with Crippen LogP contribution in [0.25, 0.3) is 22.1 Å². The van der Waals surface area contributed by atoms with Crippen LogP contribution >= 0.6 is 0 Å². The van der Waals surface area contributed by atoms with Gasteiger partial charge in [0.25, 0.3) is 0 Å². The van der Waals surface area contributed by atoms with Crippen molar-refractivity contribution < 1.29 is 19.8 Å². The second-order valence-electron chi connectivity index (χ2n) is 6.43. The fraction of sp³-hybridized carbons (Fsp3) is 0. The molecule has 0 saturated carbocycles. The molecule has 0 saturated heterocycles.